The van der Waals surface area contributed by atoms with Gasteiger partial charge >= 0.3 is 0 Å². The molecule has 0 N–H and O–H groups in total. The summed E-state index contributed by atoms with van der Waals surface area (Å²) in [7, 11) is 0. The Morgan fingerprint density at radius 2 is 0.889 bits per heavy atom. The van der Waals surface area contributed by atoms with Gasteiger partial charge in [0.1, 0.15) is 0 Å². The van der Waals surface area contributed by atoms with Crippen LogP contribution in [0, 0.1) is 0 Å². The molecule has 1 aliphatic carbocycles. The van der Waals surface area contributed by atoms with E-state index < -0.39 is 0 Å². The monoisotopic (exact) mass is 567 g/mol. The molecule has 1 aliphatic rings. The van der Waals surface area contributed by atoms with Gasteiger partial charge in [0.05, 0.1) is 11.0 Å². The Morgan fingerprint density at radius 3 is 1.64 bits per heavy atom. The lowest BCUT2D eigenvalue weighted by Crippen LogP contribution is -1.95. The van der Waals surface area contributed by atoms with E-state index in [1.165, 1.54) is 104 Å². The molecule has 206 valence electrons. The van der Waals surface area contributed by atoms with E-state index >= 15 is 0 Å². The van der Waals surface area contributed by atoms with Crippen molar-refractivity contribution in [3.63, 3.8) is 0 Å². The summed E-state index contributed by atoms with van der Waals surface area (Å²) >= 11 is 0. The average molecular weight is 568 g/mol. The van der Waals surface area contributed by atoms with Gasteiger partial charge in [-0.05, 0) is 95.0 Å². The van der Waals surface area contributed by atoms with Crippen LogP contribution in [0.15, 0.2) is 152 Å². The van der Waals surface area contributed by atoms with Crippen molar-refractivity contribution in [1.82, 2.24) is 4.57 Å². The standard InChI is InChI=1S/C44H25N/c1-2-11-28-26(10-1)20-23-41-43(28)40-25-39-34-17-8-6-15-32(34)36-18-9-19-37(42(36)39)44(40)45(41)27-21-22-35-31-14-4-3-12-29(31)30-13-5-7-16-33(30)38(35)24-27/h1-25H. The first-order chi connectivity index (χ1) is 22.3. The van der Waals surface area contributed by atoms with Crippen LogP contribution in [0.1, 0.15) is 0 Å². The van der Waals surface area contributed by atoms with Gasteiger partial charge in [-0.15, -0.1) is 0 Å². The largest absolute Gasteiger partial charge is 0.309 e. The highest BCUT2D eigenvalue weighted by Gasteiger charge is 2.26. The summed E-state index contributed by atoms with van der Waals surface area (Å²) in [6.45, 7) is 0. The third-order valence-corrected chi connectivity index (χ3v) is 10.3. The van der Waals surface area contributed by atoms with E-state index in [-0.39, 0.29) is 0 Å². The van der Waals surface area contributed by atoms with Crippen LogP contribution in [-0.2, 0) is 0 Å². The smallest absolute Gasteiger partial charge is 0.0620 e. The molecule has 1 nitrogen and oxygen atoms in total. The highest BCUT2D eigenvalue weighted by molar-refractivity contribution is 6.31. The van der Waals surface area contributed by atoms with E-state index in [2.05, 4.69) is 156 Å². The van der Waals surface area contributed by atoms with E-state index in [0.717, 1.165) is 0 Å². The van der Waals surface area contributed by atoms with Crippen LogP contribution in [0.25, 0.3) is 104 Å². The van der Waals surface area contributed by atoms with E-state index in [4.69, 9.17) is 0 Å². The zero-order valence-electron chi connectivity index (χ0n) is 24.4. The SMILES string of the molecule is c1ccc2c(c1)-c1cccc3c1c-2cc1c2c4ccccc4ccc2n(-c2ccc4c5ccccc5c5ccccc5c4c2)c31. The van der Waals surface area contributed by atoms with Gasteiger partial charge in [-0.1, -0.05) is 127 Å². The summed E-state index contributed by atoms with van der Waals surface area (Å²) in [5.41, 5.74) is 9.04. The van der Waals surface area contributed by atoms with Gasteiger partial charge in [0.25, 0.3) is 0 Å². The Labute approximate surface area is 259 Å². The minimum absolute atomic E-state index is 1.19. The van der Waals surface area contributed by atoms with E-state index in [1.54, 1.807) is 0 Å². The topological polar surface area (TPSA) is 4.93 Å². The predicted octanol–water partition coefficient (Wildman–Crippen LogP) is 12.2. The van der Waals surface area contributed by atoms with Crippen LogP contribution in [-0.4, -0.2) is 4.57 Å². The predicted molar refractivity (Wildman–Crippen MR) is 193 cm³/mol. The Kier molecular flexibility index (Phi) is 4.38. The zero-order valence-corrected chi connectivity index (χ0v) is 24.4. The third kappa shape index (κ3) is 2.93. The van der Waals surface area contributed by atoms with E-state index in [9.17, 15) is 0 Å². The molecule has 0 atom stereocenters. The third-order valence-electron chi connectivity index (χ3n) is 10.3. The lowest BCUT2D eigenvalue weighted by molar-refractivity contribution is 1.19. The Hall–Kier alpha value is -5.92. The van der Waals surface area contributed by atoms with Gasteiger partial charge in [-0.25, -0.2) is 0 Å². The summed E-state index contributed by atoms with van der Waals surface area (Å²) in [6.07, 6.45) is 0. The molecule has 45 heavy (non-hydrogen) atoms. The molecule has 0 saturated carbocycles. The molecule has 9 aromatic carbocycles. The maximum absolute atomic E-state index is 2.53. The average Bonchev–Trinajstić information content (AvgIpc) is 3.62. The summed E-state index contributed by atoms with van der Waals surface area (Å²) < 4.78 is 2.53. The fourth-order valence-corrected chi connectivity index (χ4v) is 8.44. The number of hydrogen-bond acceptors (Lipinski definition) is 0. The van der Waals surface area contributed by atoms with Crippen LogP contribution >= 0.6 is 0 Å². The van der Waals surface area contributed by atoms with Crippen molar-refractivity contribution in [3.05, 3.63) is 152 Å². The van der Waals surface area contributed by atoms with E-state index in [1.807, 2.05) is 0 Å². The van der Waals surface area contributed by atoms with Crippen molar-refractivity contribution in [3.8, 4) is 27.9 Å². The highest BCUT2D eigenvalue weighted by atomic mass is 15.0. The molecule has 0 saturated heterocycles. The molecule has 10 aromatic rings. The van der Waals surface area contributed by atoms with Crippen molar-refractivity contribution in [1.29, 1.82) is 0 Å². The molecule has 11 rings (SSSR count). The zero-order chi connectivity index (χ0) is 29.2. The maximum atomic E-state index is 2.53. The minimum atomic E-state index is 1.19. The van der Waals surface area contributed by atoms with Crippen LogP contribution in [0.2, 0.25) is 0 Å². The lowest BCUT2D eigenvalue weighted by atomic mass is 9.94. The van der Waals surface area contributed by atoms with Gasteiger partial charge in [0.15, 0.2) is 0 Å². The van der Waals surface area contributed by atoms with Gasteiger partial charge in [0, 0.05) is 21.8 Å². The van der Waals surface area contributed by atoms with E-state index in [0.29, 0.717) is 0 Å². The molecule has 1 heteroatoms. The summed E-state index contributed by atoms with van der Waals surface area (Å²) in [6, 6.07) is 56.5. The number of nitrogens with zero attached hydrogens (tertiary/aromatic N) is 1. The fourth-order valence-electron chi connectivity index (χ4n) is 8.44. The summed E-state index contributed by atoms with van der Waals surface area (Å²) in [5.74, 6) is 0. The first-order valence-corrected chi connectivity index (χ1v) is 15.7. The first kappa shape index (κ1) is 23.5. The number of rotatable bonds is 1. The molecule has 1 heterocycles. The number of fused-ring (bicyclic) bond motifs is 15. The maximum Gasteiger partial charge on any atom is 0.0620 e. The van der Waals surface area contributed by atoms with Crippen molar-refractivity contribution in [2.24, 2.45) is 0 Å². The fraction of sp³-hybridized carbons (Fsp3) is 0. The van der Waals surface area contributed by atoms with Crippen molar-refractivity contribution in [2.75, 3.05) is 0 Å². The molecule has 0 spiro atoms. The van der Waals surface area contributed by atoms with Crippen LogP contribution in [0.5, 0.6) is 0 Å². The number of benzene rings is 9. The second-order valence-corrected chi connectivity index (χ2v) is 12.4. The van der Waals surface area contributed by atoms with Crippen molar-refractivity contribution < 1.29 is 0 Å². The summed E-state index contributed by atoms with van der Waals surface area (Å²) in [4.78, 5) is 0. The highest BCUT2D eigenvalue weighted by Crippen LogP contribution is 2.51. The van der Waals surface area contributed by atoms with Crippen LogP contribution < -0.4 is 0 Å². The molecule has 1 aromatic heterocycles. The Balaban J connectivity index is 1.36. The molecule has 0 bridgehead atoms. The second-order valence-electron chi connectivity index (χ2n) is 12.4. The molecule has 0 unspecified atom stereocenters. The normalized spacial score (nSPS) is 12.4. The van der Waals surface area contributed by atoms with Crippen LogP contribution in [0.3, 0.4) is 0 Å². The number of hydrogen-bond donors (Lipinski definition) is 0. The molecular weight excluding hydrogens is 542 g/mol. The molecule has 0 fully saturated rings. The molecule has 0 aliphatic heterocycles. The number of aromatic nitrogens is 1. The molecule has 0 amide bonds. The molecule has 0 radical (unpaired) electrons. The quantitative estimate of drug-likeness (QED) is 0.174. The Morgan fingerprint density at radius 1 is 0.311 bits per heavy atom. The lowest BCUT2D eigenvalue weighted by Gasteiger charge is -2.15. The van der Waals surface area contributed by atoms with Crippen molar-refractivity contribution in [2.45, 2.75) is 0 Å². The second kappa shape index (κ2) is 8.37. The minimum Gasteiger partial charge on any atom is -0.309 e. The van der Waals surface area contributed by atoms with Gasteiger partial charge < -0.3 is 4.57 Å². The van der Waals surface area contributed by atoms with Crippen LogP contribution in [0.4, 0.5) is 0 Å². The van der Waals surface area contributed by atoms with Gasteiger partial charge in [0.2, 0.25) is 0 Å². The first-order valence-electron chi connectivity index (χ1n) is 15.7. The van der Waals surface area contributed by atoms with Gasteiger partial charge in [-0.3, -0.25) is 0 Å². The molecular formula is C44H25N. The Bertz CT molecular complexity index is 2890. The van der Waals surface area contributed by atoms with Crippen molar-refractivity contribution >= 4 is 75.7 Å². The van der Waals surface area contributed by atoms with Gasteiger partial charge in [-0.2, -0.15) is 0 Å². The summed E-state index contributed by atoms with van der Waals surface area (Å²) in [5, 5.41) is 15.6.